The molecule has 0 spiro atoms. The van der Waals surface area contributed by atoms with Gasteiger partial charge in [-0.1, -0.05) is 24.2 Å². The van der Waals surface area contributed by atoms with Gasteiger partial charge in [0.1, 0.15) is 0 Å². The number of benzene rings is 1. The summed E-state index contributed by atoms with van der Waals surface area (Å²) in [7, 11) is 0. The summed E-state index contributed by atoms with van der Waals surface area (Å²) in [5, 5.41) is 20.8. The second kappa shape index (κ2) is 4.77. The van der Waals surface area contributed by atoms with E-state index in [9.17, 15) is 0 Å². The molecule has 0 saturated carbocycles. The fourth-order valence-corrected chi connectivity index (χ4v) is 1.39. The third-order valence-electron chi connectivity index (χ3n) is 2.33. The van der Waals surface area contributed by atoms with Crippen LogP contribution in [0.5, 0.6) is 0 Å². The van der Waals surface area contributed by atoms with Gasteiger partial charge < -0.3 is 10.3 Å². The van der Waals surface area contributed by atoms with Crippen molar-refractivity contribution in [3.63, 3.8) is 0 Å². The van der Waals surface area contributed by atoms with Crippen molar-refractivity contribution in [1.82, 2.24) is 0 Å². The highest BCUT2D eigenvalue weighted by Crippen LogP contribution is 2.13. The standard InChI is InChI=1S/C11H15NO2/c1-3-9-6-10(8(2)12-14)4-5-11(9)7-13/h4-6,13-14H,3,7H2,1-2H3. The van der Waals surface area contributed by atoms with E-state index < -0.39 is 0 Å². The van der Waals surface area contributed by atoms with Crippen molar-refractivity contribution in [2.75, 3.05) is 0 Å². The summed E-state index contributed by atoms with van der Waals surface area (Å²) >= 11 is 0. The van der Waals surface area contributed by atoms with E-state index in [-0.39, 0.29) is 6.61 Å². The van der Waals surface area contributed by atoms with Crippen molar-refractivity contribution >= 4 is 5.71 Å². The smallest absolute Gasteiger partial charge is 0.0837 e. The zero-order valence-electron chi connectivity index (χ0n) is 8.49. The fourth-order valence-electron chi connectivity index (χ4n) is 1.39. The second-order valence-electron chi connectivity index (χ2n) is 3.18. The number of aliphatic hydroxyl groups excluding tert-OH is 1. The molecule has 3 heteroatoms. The molecule has 0 aliphatic carbocycles. The van der Waals surface area contributed by atoms with Crippen molar-refractivity contribution < 1.29 is 10.3 Å². The molecule has 0 radical (unpaired) electrons. The van der Waals surface area contributed by atoms with Crippen LogP contribution in [0.4, 0.5) is 0 Å². The molecule has 0 aliphatic heterocycles. The van der Waals surface area contributed by atoms with Gasteiger partial charge in [0, 0.05) is 0 Å². The highest BCUT2D eigenvalue weighted by Gasteiger charge is 2.03. The third kappa shape index (κ3) is 2.12. The summed E-state index contributed by atoms with van der Waals surface area (Å²) in [4.78, 5) is 0. The first-order valence-corrected chi connectivity index (χ1v) is 4.64. The Kier molecular flexibility index (Phi) is 3.65. The van der Waals surface area contributed by atoms with Crippen LogP contribution in [-0.2, 0) is 13.0 Å². The Morgan fingerprint density at radius 1 is 1.36 bits per heavy atom. The van der Waals surface area contributed by atoms with Crippen molar-refractivity contribution in [2.45, 2.75) is 26.9 Å². The van der Waals surface area contributed by atoms with Crippen molar-refractivity contribution in [2.24, 2.45) is 5.16 Å². The van der Waals surface area contributed by atoms with Gasteiger partial charge in [0.2, 0.25) is 0 Å². The first-order chi connectivity index (χ1) is 6.72. The number of nitrogens with zero attached hydrogens (tertiary/aromatic N) is 1. The van der Waals surface area contributed by atoms with E-state index in [1.165, 1.54) is 0 Å². The van der Waals surface area contributed by atoms with Gasteiger partial charge in [-0.15, -0.1) is 0 Å². The lowest BCUT2D eigenvalue weighted by Gasteiger charge is -2.07. The average Bonchev–Trinajstić information content (AvgIpc) is 2.26. The molecular formula is C11H15NO2. The quantitative estimate of drug-likeness (QED) is 0.438. The number of aryl methyl sites for hydroxylation is 1. The zero-order valence-corrected chi connectivity index (χ0v) is 8.49. The lowest BCUT2D eigenvalue weighted by atomic mass is 10.0. The molecule has 0 bridgehead atoms. The van der Waals surface area contributed by atoms with E-state index in [1.54, 1.807) is 6.92 Å². The zero-order chi connectivity index (χ0) is 10.6. The van der Waals surface area contributed by atoms with Gasteiger partial charge in [-0.2, -0.15) is 0 Å². The number of oxime groups is 1. The van der Waals surface area contributed by atoms with Crippen LogP contribution in [0.2, 0.25) is 0 Å². The summed E-state index contributed by atoms with van der Waals surface area (Å²) < 4.78 is 0. The minimum Gasteiger partial charge on any atom is -0.411 e. The molecule has 2 N–H and O–H groups in total. The van der Waals surface area contributed by atoms with Crippen LogP contribution in [-0.4, -0.2) is 16.0 Å². The molecule has 0 unspecified atom stereocenters. The molecule has 0 heterocycles. The first kappa shape index (κ1) is 10.7. The Bertz CT molecular complexity index is 345. The van der Waals surface area contributed by atoms with Gasteiger partial charge in [-0.3, -0.25) is 0 Å². The molecule has 0 atom stereocenters. The first-order valence-electron chi connectivity index (χ1n) is 4.64. The van der Waals surface area contributed by atoms with Crippen LogP contribution < -0.4 is 0 Å². The molecule has 76 valence electrons. The van der Waals surface area contributed by atoms with Crippen LogP contribution in [0, 0.1) is 0 Å². The van der Waals surface area contributed by atoms with E-state index in [0.29, 0.717) is 5.71 Å². The molecule has 0 amide bonds. The summed E-state index contributed by atoms with van der Waals surface area (Å²) in [5.41, 5.74) is 3.50. The third-order valence-corrected chi connectivity index (χ3v) is 2.33. The lowest BCUT2D eigenvalue weighted by molar-refractivity contribution is 0.280. The SMILES string of the molecule is CCc1cc(C(C)=NO)ccc1CO. The Balaban J connectivity index is 3.14. The molecule has 0 saturated heterocycles. The van der Waals surface area contributed by atoms with Crippen LogP contribution in [0.15, 0.2) is 23.4 Å². The van der Waals surface area contributed by atoms with E-state index in [2.05, 4.69) is 5.16 Å². The van der Waals surface area contributed by atoms with Crippen molar-refractivity contribution in [1.29, 1.82) is 0 Å². The largest absolute Gasteiger partial charge is 0.411 e. The van der Waals surface area contributed by atoms with E-state index in [1.807, 2.05) is 25.1 Å². The number of rotatable bonds is 3. The van der Waals surface area contributed by atoms with E-state index in [4.69, 9.17) is 10.3 Å². The Morgan fingerprint density at radius 3 is 2.57 bits per heavy atom. The summed E-state index contributed by atoms with van der Waals surface area (Å²) in [5.74, 6) is 0. The second-order valence-corrected chi connectivity index (χ2v) is 3.18. The minimum atomic E-state index is 0.0543. The maximum Gasteiger partial charge on any atom is 0.0837 e. The molecule has 1 aromatic rings. The molecule has 0 aliphatic rings. The Hall–Kier alpha value is -1.35. The summed E-state index contributed by atoms with van der Waals surface area (Å²) in [6.45, 7) is 3.83. The highest BCUT2D eigenvalue weighted by atomic mass is 16.4. The van der Waals surface area contributed by atoms with Crippen LogP contribution in [0.1, 0.15) is 30.5 Å². The Labute approximate surface area is 83.7 Å². The van der Waals surface area contributed by atoms with Gasteiger partial charge in [0.25, 0.3) is 0 Å². The van der Waals surface area contributed by atoms with Gasteiger partial charge in [0.05, 0.1) is 12.3 Å². The van der Waals surface area contributed by atoms with E-state index >= 15 is 0 Å². The topological polar surface area (TPSA) is 52.8 Å². The molecule has 3 nitrogen and oxygen atoms in total. The lowest BCUT2D eigenvalue weighted by Crippen LogP contribution is -1.99. The van der Waals surface area contributed by atoms with Gasteiger partial charge in [-0.25, -0.2) is 0 Å². The highest BCUT2D eigenvalue weighted by molar-refractivity contribution is 5.98. The number of hydrogen-bond acceptors (Lipinski definition) is 3. The van der Waals surface area contributed by atoms with E-state index in [0.717, 1.165) is 23.1 Å². The predicted molar refractivity (Wildman–Crippen MR) is 55.7 cm³/mol. The molecule has 14 heavy (non-hydrogen) atoms. The molecule has 1 rings (SSSR count). The number of aliphatic hydroxyl groups is 1. The van der Waals surface area contributed by atoms with Crippen molar-refractivity contribution in [3.8, 4) is 0 Å². The average molecular weight is 193 g/mol. The van der Waals surface area contributed by atoms with Crippen molar-refractivity contribution in [3.05, 3.63) is 34.9 Å². The molecule has 0 aromatic heterocycles. The predicted octanol–water partition coefficient (Wildman–Crippen LogP) is 1.94. The minimum absolute atomic E-state index is 0.0543. The van der Waals surface area contributed by atoms with Crippen LogP contribution in [0.3, 0.4) is 0 Å². The maximum absolute atomic E-state index is 9.06. The van der Waals surface area contributed by atoms with Gasteiger partial charge in [-0.05, 0) is 36.1 Å². The van der Waals surface area contributed by atoms with Gasteiger partial charge >= 0.3 is 0 Å². The number of hydrogen-bond donors (Lipinski definition) is 2. The maximum atomic E-state index is 9.06. The van der Waals surface area contributed by atoms with Crippen LogP contribution >= 0.6 is 0 Å². The molecule has 0 fully saturated rings. The van der Waals surface area contributed by atoms with Crippen LogP contribution in [0.25, 0.3) is 0 Å². The Morgan fingerprint density at radius 2 is 2.07 bits per heavy atom. The summed E-state index contributed by atoms with van der Waals surface area (Å²) in [6, 6.07) is 5.66. The summed E-state index contributed by atoms with van der Waals surface area (Å²) in [6.07, 6.45) is 0.864. The van der Waals surface area contributed by atoms with Gasteiger partial charge in [0.15, 0.2) is 0 Å². The molecular weight excluding hydrogens is 178 g/mol. The molecule has 1 aromatic carbocycles. The normalized spacial score (nSPS) is 11.8. The fraction of sp³-hybridized carbons (Fsp3) is 0.364. The monoisotopic (exact) mass is 193 g/mol.